The molecule has 0 bridgehead atoms. The lowest BCUT2D eigenvalue weighted by Crippen LogP contribution is -2.32. The van der Waals surface area contributed by atoms with E-state index in [4.69, 9.17) is 4.74 Å². The van der Waals surface area contributed by atoms with E-state index in [1.165, 1.54) is 33.3 Å². The molecule has 1 aromatic carbocycles. The molecule has 3 heterocycles. The second-order valence-electron chi connectivity index (χ2n) is 8.22. The Kier molecular flexibility index (Phi) is 3.08. The molecular formula is C21H25N2O+. The fraction of sp³-hybridized carbons (Fsp3) is 0.381. The third-order valence-corrected chi connectivity index (χ3v) is 4.86. The predicted molar refractivity (Wildman–Crippen MR) is 97.5 cm³/mol. The minimum absolute atomic E-state index is 0.217. The topological polar surface area (TPSA) is 18.0 Å². The summed E-state index contributed by atoms with van der Waals surface area (Å²) in [6, 6.07) is 6.60. The molecule has 2 aromatic heterocycles. The van der Waals surface area contributed by atoms with Crippen molar-refractivity contribution in [2.45, 2.75) is 34.1 Å². The summed E-state index contributed by atoms with van der Waals surface area (Å²) in [5.74, 6) is 1.99. The van der Waals surface area contributed by atoms with Crippen LogP contribution in [0.25, 0.3) is 22.2 Å². The Hall–Kier alpha value is -2.29. The molecule has 3 heteroatoms. The van der Waals surface area contributed by atoms with Gasteiger partial charge >= 0.3 is 0 Å². The Labute approximate surface area is 143 Å². The van der Waals surface area contributed by atoms with Crippen LogP contribution < -0.4 is 9.30 Å². The molecule has 3 nitrogen and oxygen atoms in total. The number of aryl methyl sites for hydroxylation is 3. The fourth-order valence-electron chi connectivity index (χ4n) is 3.82. The average molecular weight is 321 g/mol. The molecular weight excluding hydrogens is 296 g/mol. The van der Waals surface area contributed by atoms with Gasteiger partial charge in [-0.3, -0.25) is 0 Å². The maximum Gasteiger partial charge on any atom is 0.256 e. The summed E-state index contributed by atoms with van der Waals surface area (Å²) in [5, 5.41) is 1.23. The van der Waals surface area contributed by atoms with Crippen LogP contribution in [0.2, 0.25) is 0 Å². The number of rotatable bonds is 1. The van der Waals surface area contributed by atoms with E-state index in [1.54, 1.807) is 0 Å². The van der Waals surface area contributed by atoms with Crippen LogP contribution >= 0.6 is 0 Å². The number of fused-ring (bicyclic) bond motifs is 2. The molecule has 3 aromatic rings. The highest BCUT2D eigenvalue weighted by atomic mass is 16.5. The van der Waals surface area contributed by atoms with E-state index in [2.05, 4.69) is 81.5 Å². The number of aromatic nitrogens is 2. The second kappa shape index (κ2) is 4.85. The molecule has 0 fully saturated rings. The number of hydrogen-bond donors (Lipinski definition) is 0. The molecule has 0 radical (unpaired) electrons. The largest absolute Gasteiger partial charge is 0.448 e. The van der Waals surface area contributed by atoms with E-state index in [0.717, 1.165) is 17.9 Å². The first-order valence-corrected chi connectivity index (χ1v) is 8.54. The van der Waals surface area contributed by atoms with Crippen molar-refractivity contribution in [3.8, 4) is 22.8 Å². The third-order valence-electron chi connectivity index (χ3n) is 4.86. The first-order valence-electron chi connectivity index (χ1n) is 8.54. The molecule has 24 heavy (non-hydrogen) atoms. The van der Waals surface area contributed by atoms with Gasteiger partial charge in [-0.1, -0.05) is 26.8 Å². The summed E-state index contributed by atoms with van der Waals surface area (Å²) in [5.41, 5.74) is 6.51. The number of pyridine rings is 1. The van der Waals surface area contributed by atoms with Crippen LogP contribution in [-0.2, 0) is 20.5 Å². The number of nitrogens with zero attached hydrogens (tertiary/aromatic N) is 2. The van der Waals surface area contributed by atoms with E-state index >= 15 is 0 Å². The van der Waals surface area contributed by atoms with Crippen molar-refractivity contribution in [2.24, 2.45) is 19.5 Å². The van der Waals surface area contributed by atoms with Crippen LogP contribution in [0.15, 0.2) is 30.6 Å². The van der Waals surface area contributed by atoms with Gasteiger partial charge in [0.15, 0.2) is 11.9 Å². The van der Waals surface area contributed by atoms with Gasteiger partial charge in [-0.15, -0.1) is 0 Å². The average Bonchev–Trinajstić information content (AvgIpc) is 2.80. The normalized spacial score (nSPS) is 13.1. The molecule has 4 rings (SSSR count). The third kappa shape index (κ3) is 2.15. The Morgan fingerprint density at radius 1 is 1.17 bits per heavy atom. The van der Waals surface area contributed by atoms with Gasteiger partial charge < -0.3 is 9.30 Å². The summed E-state index contributed by atoms with van der Waals surface area (Å²) in [6.07, 6.45) is 5.26. The van der Waals surface area contributed by atoms with Gasteiger partial charge in [0.25, 0.3) is 5.69 Å². The maximum atomic E-state index is 6.44. The Balaban J connectivity index is 2.07. The quantitative estimate of drug-likeness (QED) is 0.466. The molecule has 0 N–H and O–H groups in total. The van der Waals surface area contributed by atoms with Crippen LogP contribution in [-0.4, -0.2) is 4.57 Å². The van der Waals surface area contributed by atoms with Crippen LogP contribution in [0.5, 0.6) is 11.5 Å². The second-order valence-corrected chi connectivity index (χ2v) is 8.22. The first-order chi connectivity index (χ1) is 11.3. The van der Waals surface area contributed by atoms with Gasteiger partial charge in [0, 0.05) is 24.9 Å². The van der Waals surface area contributed by atoms with Crippen molar-refractivity contribution < 1.29 is 9.30 Å². The molecule has 0 atom stereocenters. The van der Waals surface area contributed by atoms with Crippen LogP contribution in [0.1, 0.15) is 31.9 Å². The fourth-order valence-corrected chi connectivity index (χ4v) is 3.82. The Bertz CT molecular complexity index is 974. The van der Waals surface area contributed by atoms with Crippen LogP contribution in [0, 0.1) is 12.3 Å². The molecule has 0 saturated heterocycles. The van der Waals surface area contributed by atoms with E-state index < -0.39 is 0 Å². The summed E-state index contributed by atoms with van der Waals surface area (Å²) >= 11 is 0. The molecule has 0 unspecified atom stereocenters. The van der Waals surface area contributed by atoms with E-state index in [0.29, 0.717) is 0 Å². The van der Waals surface area contributed by atoms with Crippen LogP contribution in [0.3, 0.4) is 0 Å². The van der Waals surface area contributed by atoms with Crippen molar-refractivity contribution in [3.63, 3.8) is 0 Å². The smallest absolute Gasteiger partial charge is 0.256 e. The summed E-state index contributed by atoms with van der Waals surface area (Å²) in [4.78, 5) is 0. The highest BCUT2D eigenvalue weighted by Gasteiger charge is 2.33. The van der Waals surface area contributed by atoms with E-state index in [-0.39, 0.29) is 5.41 Å². The zero-order chi connectivity index (χ0) is 17.2. The first kappa shape index (κ1) is 15.3. The molecule has 0 aliphatic carbocycles. The van der Waals surface area contributed by atoms with Gasteiger partial charge in [-0.05, 0) is 30.4 Å². The standard InChI is InChI=1S/C21H25N2O/c1-13-7-8-15-18-16(12-23(15)6)24-20-14(11-21(2,3)4)9-10-22(5)19(20)17(13)18/h7-10,12H,11H2,1-6H3/q+1. The van der Waals surface area contributed by atoms with Crippen molar-refractivity contribution >= 4 is 10.9 Å². The molecule has 0 amide bonds. The lowest BCUT2D eigenvalue weighted by atomic mass is 9.86. The molecule has 1 aliphatic heterocycles. The van der Waals surface area contributed by atoms with Gasteiger partial charge in [-0.25, -0.2) is 0 Å². The van der Waals surface area contributed by atoms with Crippen molar-refractivity contribution in [1.29, 1.82) is 0 Å². The van der Waals surface area contributed by atoms with Crippen molar-refractivity contribution in [3.05, 3.63) is 41.7 Å². The molecule has 1 aliphatic rings. The van der Waals surface area contributed by atoms with E-state index in [9.17, 15) is 0 Å². The van der Waals surface area contributed by atoms with Gasteiger partial charge in [-0.2, -0.15) is 4.57 Å². The highest BCUT2D eigenvalue weighted by Crippen LogP contribution is 2.48. The number of benzene rings is 1. The molecule has 0 spiro atoms. The van der Waals surface area contributed by atoms with Crippen molar-refractivity contribution in [2.75, 3.05) is 0 Å². The SMILES string of the molecule is Cc1ccc2c3c(cn2C)Oc2c(CC(C)(C)C)cc[n+](C)c2-c13. The summed E-state index contributed by atoms with van der Waals surface area (Å²) < 4.78 is 10.8. The molecule has 124 valence electrons. The van der Waals surface area contributed by atoms with Gasteiger partial charge in [0.1, 0.15) is 7.05 Å². The Morgan fingerprint density at radius 3 is 2.62 bits per heavy atom. The zero-order valence-corrected chi connectivity index (χ0v) is 15.4. The minimum atomic E-state index is 0.217. The molecule has 0 saturated carbocycles. The number of hydrogen-bond acceptors (Lipinski definition) is 1. The Morgan fingerprint density at radius 2 is 1.92 bits per heavy atom. The van der Waals surface area contributed by atoms with Crippen molar-refractivity contribution in [1.82, 2.24) is 4.57 Å². The maximum absolute atomic E-state index is 6.44. The minimum Gasteiger partial charge on any atom is -0.448 e. The summed E-state index contributed by atoms with van der Waals surface area (Å²) in [6.45, 7) is 9.01. The van der Waals surface area contributed by atoms with Gasteiger partial charge in [0.2, 0.25) is 5.75 Å². The number of ether oxygens (including phenoxy) is 1. The lowest BCUT2D eigenvalue weighted by Gasteiger charge is -2.23. The van der Waals surface area contributed by atoms with Gasteiger partial charge in [0.05, 0.1) is 16.5 Å². The monoisotopic (exact) mass is 321 g/mol. The lowest BCUT2D eigenvalue weighted by molar-refractivity contribution is -0.660. The van der Waals surface area contributed by atoms with Crippen LogP contribution in [0.4, 0.5) is 0 Å². The highest BCUT2D eigenvalue weighted by molar-refractivity contribution is 6.03. The zero-order valence-electron chi connectivity index (χ0n) is 15.4. The predicted octanol–water partition coefficient (Wildman–Crippen LogP) is 4.67. The van der Waals surface area contributed by atoms with E-state index in [1.807, 2.05) is 0 Å². The summed E-state index contributed by atoms with van der Waals surface area (Å²) in [7, 11) is 4.19.